The van der Waals surface area contributed by atoms with Crippen LogP contribution in [-0.2, 0) is 19.5 Å². The van der Waals surface area contributed by atoms with Crippen molar-refractivity contribution in [3.05, 3.63) is 29.8 Å². The van der Waals surface area contributed by atoms with Crippen LogP contribution in [0.3, 0.4) is 0 Å². The number of rotatable bonds is 8. The van der Waals surface area contributed by atoms with E-state index >= 15 is 0 Å². The molecule has 0 saturated heterocycles. The van der Waals surface area contributed by atoms with Crippen molar-refractivity contribution in [1.82, 2.24) is 5.32 Å². The highest BCUT2D eigenvalue weighted by Crippen LogP contribution is 2.20. The minimum absolute atomic E-state index is 0.0886. The van der Waals surface area contributed by atoms with Gasteiger partial charge in [0.05, 0.1) is 23.1 Å². The zero-order chi connectivity index (χ0) is 18.3. The van der Waals surface area contributed by atoms with Gasteiger partial charge in [0, 0.05) is 6.26 Å². The van der Waals surface area contributed by atoms with Gasteiger partial charge in [0.25, 0.3) is 0 Å². The minimum Gasteiger partial charge on any atom is -0.399 e. The molecule has 1 aromatic carbocycles. The first-order valence-corrected chi connectivity index (χ1v) is 8.98. The van der Waals surface area contributed by atoms with Gasteiger partial charge in [-0.05, 0) is 24.6 Å². The minimum atomic E-state index is -3.36. The molecule has 0 bridgehead atoms. The van der Waals surface area contributed by atoms with E-state index in [-0.39, 0.29) is 11.3 Å². The molecule has 0 saturated carbocycles. The third-order valence-corrected chi connectivity index (χ3v) is 4.34. The van der Waals surface area contributed by atoms with Crippen LogP contribution in [0, 0.1) is 0 Å². The second-order valence-corrected chi connectivity index (χ2v) is 7.32. The Balaban J connectivity index is 2.81. The largest absolute Gasteiger partial charge is 0.399 e. The van der Waals surface area contributed by atoms with Crippen molar-refractivity contribution in [1.29, 1.82) is 0 Å². The maximum atomic E-state index is 13.2. The number of aliphatic hydroxyl groups excluding tert-OH is 1. The van der Waals surface area contributed by atoms with Gasteiger partial charge in [-0.2, -0.15) is 0 Å². The van der Waals surface area contributed by atoms with Crippen LogP contribution in [0.4, 0.5) is 4.39 Å². The molecule has 0 aromatic heterocycles. The normalized spacial score (nSPS) is 14.8. The van der Waals surface area contributed by atoms with Crippen LogP contribution >= 0.6 is 0 Å². The lowest BCUT2D eigenvalue weighted by atomic mass is 10.0. The average Bonchev–Trinajstić information content (AvgIpc) is 2.51. The summed E-state index contributed by atoms with van der Waals surface area (Å²) in [5, 5.41) is 16.2. The molecule has 7 nitrogen and oxygen atoms in total. The van der Waals surface area contributed by atoms with E-state index in [0.717, 1.165) is 6.26 Å². The summed E-state index contributed by atoms with van der Waals surface area (Å²) in [6.07, 6.45) is -0.343. The Morgan fingerprint density at radius 3 is 2.42 bits per heavy atom. The molecule has 0 heterocycles. The molecule has 1 rings (SSSR count). The highest BCUT2D eigenvalue weighted by atomic mass is 32.2. The van der Waals surface area contributed by atoms with Crippen molar-refractivity contribution in [2.45, 2.75) is 30.4 Å². The molecular formula is C15H21FN2O5S. The van der Waals surface area contributed by atoms with E-state index in [2.05, 4.69) is 15.3 Å². The molecule has 1 aromatic rings. The fraction of sp³-hybridized carbons (Fsp3) is 0.467. The van der Waals surface area contributed by atoms with Crippen LogP contribution in [-0.4, -0.2) is 51.2 Å². The molecule has 0 aliphatic heterocycles. The molecule has 0 aliphatic carbocycles. The number of halogens is 1. The summed E-state index contributed by atoms with van der Waals surface area (Å²) in [6, 6.07) is 4.25. The lowest BCUT2D eigenvalue weighted by molar-refractivity contribution is -0.121. The van der Waals surface area contributed by atoms with Gasteiger partial charge in [0.1, 0.15) is 19.9 Å². The number of benzene rings is 1. The Hall–Kier alpha value is -2.00. The highest BCUT2D eigenvalue weighted by Gasteiger charge is 2.23. The summed E-state index contributed by atoms with van der Waals surface area (Å²) in [4.78, 5) is 16.4. The number of sulfone groups is 1. The van der Waals surface area contributed by atoms with Crippen LogP contribution in [0.25, 0.3) is 0 Å². The Morgan fingerprint density at radius 1 is 1.38 bits per heavy atom. The fourth-order valence-corrected chi connectivity index (χ4v) is 2.66. The first-order valence-electron chi connectivity index (χ1n) is 7.09. The molecule has 1 amide bonds. The van der Waals surface area contributed by atoms with Crippen molar-refractivity contribution in [2.75, 3.05) is 20.0 Å². The third-order valence-electron chi connectivity index (χ3n) is 3.21. The first-order chi connectivity index (χ1) is 11.2. The molecular weight excluding hydrogens is 339 g/mol. The summed E-state index contributed by atoms with van der Waals surface area (Å²) < 4.78 is 36.0. The molecule has 0 fully saturated rings. The first kappa shape index (κ1) is 20.0. The molecule has 9 heteroatoms. The number of alkyl halides is 1. The molecule has 2 N–H and O–H groups in total. The Morgan fingerprint density at radius 2 is 1.96 bits per heavy atom. The highest BCUT2D eigenvalue weighted by molar-refractivity contribution is 7.90. The molecule has 0 aliphatic rings. The van der Waals surface area contributed by atoms with Gasteiger partial charge in [0.15, 0.2) is 9.84 Å². The zero-order valence-corrected chi connectivity index (χ0v) is 14.5. The number of carbonyl (C=O) groups excluding carboxylic acids is 1. The van der Waals surface area contributed by atoms with Gasteiger partial charge in [-0.15, -0.1) is 0 Å². The predicted octanol–water partition coefficient (Wildman–Crippen LogP) is 0.990. The van der Waals surface area contributed by atoms with Gasteiger partial charge < -0.3 is 15.3 Å². The summed E-state index contributed by atoms with van der Waals surface area (Å²) in [5.74, 6) is -0.511. The smallest absolute Gasteiger partial charge is 0.226 e. The van der Waals surface area contributed by atoms with E-state index in [9.17, 15) is 22.7 Å². The topological polar surface area (TPSA) is 105 Å². The number of nitrogens with zero attached hydrogens (tertiary/aromatic N) is 1. The molecule has 134 valence electrons. The lowest BCUT2D eigenvalue weighted by Gasteiger charge is -2.22. The molecule has 0 unspecified atom stereocenters. The van der Waals surface area contributed by atoms with Gasteiger partial charge in [0.2, 0.25) is 5.91 Å². The average molecular weight is 360 g/mol. The molecule has 0 spiro atoms. The van der Waals surface area contributed by atoms with Gasteiger partial charge in [-0.25, -0.2) is 12.8 Å². The second-order valence-electron chi connectivity index (χ2n) is 5.30. The Labute approximate surface area is 140 Å². The monoisotopic (exact) mass is 360 g/mol. The van der Waals surface area contributed by atoms with Crippen molar-refractivity contribution >= 4 is 21.5 Å². The van der Waals surface area contributed by atoms with Crippen molar-refractivity contribution in [3.63, 3.8) is 0 Å². The Kier molecular flexibility index (Phi) is 7.30. The van der Waals surface area contributed by atoms with Gasteiger partial charge in [-0.1, -0.05) is 17.3 Å². The van der Waals surface area contributed by atoms with E-state index < -0.39 is 34.6 Å². The van der Waals surface area contributed by atoms with Crippen LogP contribution in [0.5, 0.6) is 0 Å². The molecule has 24 heavy (non-hydrogen) atoms. The van der Waals surface area contributed by atoms with Crippen LogP contribution < -0.4 is 5.32 Å². The van der Waals surface area contributed by atoms with Crippen LogP contribution in [0.2, 0.25) is 0 Å². The summed E-state index contributed by atoms with van der Waals surface area (Å²) in [7, 11) is -2.02. The summed E-state index contributed by atoms with van der Waals surface area (Å²) in [6.45, 7) is 0.592. The predicted molar refractivity (Wildman–Crippen MR) is 87.2 cm³/mol. The maximum absolute atomic E-state index is 13.2. The van der Waals surface area contributed by atoms with E-state index in [1.807, 2.05) is 0 Å². The summed E-state index contributed by atoms with van der Waals surface area (Å²) >= 11 is 0. The van der Waals surface area contributed by atoms with Gasteiger partial charge in [-0.3, -0.25) is 4.79 Å². The lowest BCUT2D eigenvalue weighted by Crippen LogP contribution is -2.41. The number of nitrogens with one attached hydrogen (secondary N) is 1. The molecule has 2 atom stereocenters. The standard InChI is InChI=1S/C15H21FN2O5S/c1-10(18-23-2)8-14(19)17-13(9-16)15(20)11-4-6-12(7-5-11)24(3,21)22/h4-7,13,15,20H,8-9H2,1-3H3,(H,17,19)/t13-,15-/m1/s1. The van der Waals surface area contributed by atoms with Crippen molar-refractivity contribution < 1.29 is 27.5 Å². The summed E-state index contributed by atoms with van der Waals surface area (Å²) in [5.41, 5.74) is 0.701. The number of aliphatic hydroxyl groups is 1. The zero-order valence-electron chi connectivity index (χ0n) is 13.7. The van der Waals surface area contributed by atoms with E-state index in [1.165, 1.54) is 31.4 Å². The van der Waals surface area contributed by atoms with E-state index in [0.29, 0.717) is 11.3 Å². The van der Waals surface area contributed by atoms with Crippen molar-refractivity contribution in [3.8, 4) is 0 Å². The number of oxime groups is 1. The van der Waals surface area contributed by atoms with Crippen molar-refractivity contribution in [2.24, 2.45) is 5.16 Å². The molecule has 0 radical (unpaired) electrons. The Bertz CT molecular complexity index is 688. The SMILES string of the molecule is CON=C(C)CC(=O)N[C@H](CF)[C@H](O)c1ccc(S(C)(=O)=O)cc1. The number of hydrogen-bond acceptors (Lipinski definition) is 6. The van der Waals surface area contributed by atoms with E-state index in [1.54, 1.807) is 6.92 Å². The maximum Gasteiger partial charge on any atom is 0.226 e. The van der Waals surface area contributed by atoms with Crippen LogP contribution in [0.15, 0.2) is 34.3 Å². The number of amides is 1. The van der Waals surface area contributed by atoms with Gasteiger partial charge >= 0.3 is 0 Å². The fourth-order valence-electron chi connectivity index (χ4n) is 2.02. The van der Waals surface area contributed by atoms with E-state index in [4.69, 9.17) is 0 Å². The quantitative estimate of drug-likeness (QED) is 0.531. The number of hydrogen-bond donors (Lipinski definition) is 2. The number of carbonyl (C=O) groups is 1. The van der Waals surface area contributed by atoms with Crippen LogP contribution in [0.1, 0.15) is 25.0 Å². The second kappa shape index (κ2) is 8.74. The third kappa shape index (κ3) is 5.89.